The second-order valence-electron chi connectivity index (χ2n) is 31.4. The van der Waals surface area contributed by atoms with E-state index >= 15 is 0 Å². The Morgan fingerprint density at radius 2 is 0.611 bits per heavy atom. The summed E-state index contributed by atoms with van der Waals surface area (Å²) < 4.78 is 73.9. The summed E-state index contributed by atoms with van der Waals surface area (Å²) in [5.41, 5.74) is 15.9. The van der Waals surface area contributed by atoms with Crippen LogP contribution in [0.25, 0.3) is 11.6 Å². The fraction of sp³-hybridized carbons (Fsp3) is 0.528. The van der Waals surface area contributed by atoms with Crippen LogP contribution in [0, 0.1) is 0 Å². The molecule has 0 bridgehead atoms. The molecule has 0 aliphatic rings. The molecule has 95 heavy (non-hydrogen) atoms. The molecule has 4 atom stereocenters. The highest BCUT2D eigenvalue weighted by Crippen LogP contribution is 2.42. The van der Waals surface area contributed by atoms with Gasteiger partial charge in [0, 0.05) is 7.11 Å². The van der Waals surface area contributed by atoms with Crippen molar-refractivity contribution in [2.45, 2.75) is 263 Å². The summed E-state index contributed by atoms with van der Waals surface area (Å²) in [7, 11) is 1.72. The fourth-order valence-corrected chi connectivity index (χ4v) is 13.2. The highest BCUT2D eigenvalue weighted by Gasteiger charge is 2.29. The van der Waals surface area contributed by atoms with Gasteiger partial charge in [-0.05, 0) is 242 Å². The minimum atomic E-state index is -0.364. The first-order valence-electron chi connectivity index (χ1n) is 35.7. The van der Waals surface area contributed by atoms with Gasteiger partial charge in [-0.25, -0.2) is 0 Å². The Balaban J connectivity index is 0.000000983. The van der Waals surface area contributed by atoms with Gasteiger partial charge in [0.05, 0.1) is 39.0 Å². The molecule has 6 heteroatoms. The smallest absolute Gasteiger partial charge is 0.0902 e. The van der Waals surface area contributed by atoms with Crippen LogP contribution in [0.5, 0.6) is 0 Å². The highest BCUT2D eigenvalue weighted by atomic mass is 19.1. The van der Waals surface area contributed by atoms with Gasteiger partial charge in [-0.2, -0.15) is 0 Å². The minimum Gasteiger partial charge on any atom is -0.374 e. The number of benzene rings is 6. The summed E-state index contributed by atoms with van der Waals surface area (Å²) in [5, 5.41) is 0. The zero-order valence-corrected chi connectivity index (χ0v) is 62.0. The Hall–Kier alpha value is -5.85. The van der Waals surface area contributed by atoms with Crippen molar-refractivity contribution in [3.8, 4) is 0 Å². The zero-order chi connectivity index (χ0) is 70.6. The number of halogens is 5. The van der Waals surface area contributed by atoms with Gasteiger partial charge in [-0.1, -0.05) is 258 Å². The van der Waals surface area contributed by atoms with Gasteiger partial charge in [0.1, 0.15) is 0 Å². The molecule has 0 saturated heterocycles. The van der Waals surface area contributed by atoms with E-state index in [0.29, 0.717) is 38.0 Å². The Kier molecular flexibility index (Phi) is 33.4. The van der Waals surface area contributed by atoms with Crippen LogP contribution < -0.4 is 0 Å². The number of unbranched alkanes of at least 4 members (excludes halogenated alkanes) is 1. The van der Waals surface area contributed by atoms with Crippen molar-refractivity contribution in [1.82, 2.24) is 0 Å². The topological polar surface area (TPSA) is 9.23 Å². The molecule has 0 fully saturated rings. The summed E-state index contributed by atoms with van der Waals surface area (Å²) >= 11 is 0. The van der Waals surface area contributed by atoms with Gasteiger partial charge >= 0.3 is 0 Å². The molecular formula is C89H125F5O. The fourth-order valence-electron chi connectivity index (χ4n) is 13.2. The monoisotopic (exact) mass is 1300 g/mol. The van der Waals surface area contributed by atoms with E-state index in [1.54, 1.807) is 7.11 Å². The van der Waals surface area contributed by atoms with E-state index in [-0.39, 0.29) is 83.8 Å². The predicted molar refractivity (Wildman–Crippen MR) is 404 cm³/mol. The highest BCUT2D eigenvalue weighted by molar-refractivity contribution is 5.61. The summed E-state index contributed by atoms with van der Waals surface area (Å²) in [4.78, 5) is 0. The van der Waals surface area contributed by atoms with E-state index in [1.165, 1.54) is 50.1 Å². The van der Waals surface area contributed by atoms with Gasteiger partial charge in [0.2, 0.25) is 0 Å². The molecule has 0 radical (unpaired) electrons. The van der Waals surface area contributed by atoms with Crippen LogP contribution in [0.1, 0.15) is 297 Å². The molecule has 522 valence electrons. The molecule has 1 nitrogen and oxygen atoms in total. The number of ether oxygens (including phenoxy) is 1. The number of allylic oxidation sites excluding steroid dienone is 2. The minimum absolute atomic E-state index is 0.0133. The summed E-state index contributed by atoms with van der Waals surface area (Å²) in [6.07, 6.45) is 15.0. The van der Waals surface area contributed by atoms with Crippen molar-refractivity contribution in [1.29, 1.82) is 0 Å². The van der Waals surface area contributed by atoms with E-state index < -0.39 is 0 Å². The van der Waals surface area contributed by atoms with Crippen LogP contribution in [0.3, 0.4) is 0 Å². The second kappa shape index (κ2) is 38.9. The molecule has 6 aromatic rings. The van der Waals surface area contributed by atoms with Crippen LogP contribution >= 0.6 is 0 Å². The summed E-state index contributed by atoms with van der Waals surface area (Å²) in [6, 6.07) is 52.7. The van der Waals surface area contributed by atoms with Crippen molar-refractivity contribution < 1.29 is 26.7 Å². The number of rotatable bonds is 38. The Labute approximate surface area is 576 Å². The molecule has 0 aliphatic carbocycles. The molecular weight excluding hydrogens is 1180 g/mol. The third-order valence-electron chi connectivity index (χ3n) is 20.9. The normalized spacial score (nSPS) is 13.6. The lowest BCUT2D eigenvalue weighted by atomic mass is 9.74. The van der Waals surface area contributed by atoms with Crippen molar-refractivity contribution in [2.24, 2.45) is 0 Å². The molecule has 4 unspecified atom stereocenters. The van der Waals surface area contributed by atoms with Crippen LogP contribution in [-0.2, 0) is 37.4 Å². The number of methoxy groups -OCH3 is 1. The van der Waals surface area contributed by atoms with Crippen LogP contribution in [-0.4, -0.2) is 40.5 Å². The molecule has 0 aliphatic heterocycles. The lowest BCUT2D eigenvalue weighted by Crippen LogP contribution is -2.20. The predicted octanol–water partition coefficient (Wildman–Crippen LogP) is 27.1. The zero-order valence-electron chi connectivity index (χ0n) is 62.0. The molecule has 0 heterocycles. The average Bonchev–Trinajstić information content (AvgIpc) is 0.884. The van der Waals surface area contributed by atoms with Crippen LogP contribution in [0.4, 0.5) is 22.0 Å². The van der Waals surface area contributed by atoms with E-state index in [4.69, 9.17) is 4.74 Å². The van der Waals surface area contributed by atoms with Gasteiger partial charge < -0.3 is 4.74 Å². The van der Waals surface area contributed by atoms with Crippen molar-refractivity contribution >= 4 is 11.6 Å². The number of hydrogen-bond acceptors (Lipinski definition) is 1. The molecule has 0 saturated carbocycles. The molecule has 0 spiro atoms. The Morgan fingerprint density at radius 3 is 0.874 bits per heavy atom. The van der Waals surface area contributed by atoms with Gasteiger partial charge in [-0.15, -0.1) is 6.58 Å². The van der Waals surface area contributed by atoms with E-state index in [0.717, 1.165) is 98.5 Å². The lowest BCUT2D eigenvalue weighted by Gasteiger charge is -2.31. The van der Waals surface area contributed by atoms with Gasteiger partial charge in [0.15, 0.2) is 0 Å². The molecule has 6 rings (SSSR count). The second-order valence-corrected chi connectivity index (χ2v) is 31.4. The quantitative estimate of drug-likeness (QED) is 0.0213. The average molecular weight is 1310 g/mol. The third-order valence-corrected chi connectivity index (χ3v) is 20.9. The Morgan fingerprint density at radius 1 is 0.347 bits per heavy atom. The maximum atomic E-state index is 14.1. The van der Waals surface area contributed by atoms with Crippen molar-refractivity contribution in [2.75, 3.05) is 40.5 Å². The van der Waals surface area contributed by atoms with E-state index in [9.17, 15) is 22.0 Å². The van der Waals surface area contributed by atoms with E-state index in [2.05, 4.69) is 236 Å². The maximum Gasteiger partial charge on any atom is 0.0902 e. The standard InChI is InChI=1S/C73H101F5.C12H16O.C4H8/c1-54(2)55-19-29-64(30-20-55)69(3,4)45-40-57(18-15-49-74)60-23-33-65(34-24-60)70(5,6)44-39-56(16-13-14-17-58(42-50-75)61-25-35-67(36-26-61)72(9,10)47-52-77)59-21-31-66(32-22-59)71(7,8)46-41-63(43-51-76)62-27-37-68(38-28-62)73(11,12)48-53-78;1-5-10-6-8-11(9-7-10)12(2,3)13-4;1-4(2)3/h19-38,56-58,63H,1,13-18,39-53H2,2-12H3;5-9H,1H2,2-4H3;1H2,2-3H3. The molecule has 0 amide bonds. The largest absolute Gasteiger partial charge is 0.374 e. The summed E-state index contributed by atoms with van der Waals surface area (Å²) in [5.74, 6) is 0.875. The SMILES string of the molecule is C=C(C)C.C=C(C)c1ccc(C(C)(C)CCC(CCCF)c2ccc(C(C)(C)CCC(CCCCC(CCF)c3ccc(C(C)(C)CCF)cc3)c3ccc(C(C)(C)CCC(CCF)c4ccc(C(C)(C)CCF)cc4)cc3)cc2)cc1.C=Cc1ccc(C(C)(C)OC)cc1. The lowest BCUT2D eigenvalue weighted by molar-refractivity contribution is 0.0192. The van der Waals surface area contributed by atoms with Crippen LogP contribution in [0.2, 0.25) is 0 Å². The van der Waals surface area contributed by atoms with Crippen LogP contribution in [0.15, 0.2) is 171 Å². The summed E-state index contributed by atoms with van der Waals surface area (Å²) in [6.45, 7) is 42.1. The number of hydrogen-bond donors (Lipinski definition) is 0. The van der Waals surface area contributed by atoms with Crippen molar-refractivity contribution in [3.63, 3.8) is 0 Å². The molecule has 0 N–H and O–H groups in total. The molecule has 6 aromatic carbocycles. The van der Waals surface area contributed by atoms with Crippen molar-refractivity contribution in [3.05, 3.63) is 238 Å². The first kappa shape index (κ1) is 81.6. The number of alkyl halides is 5. The van der Waals surface area contributed by atoms with Gasteiger partial charge in [-0.3, -0.25) is 22.0 Å². The maximum absolute atomic E-state index is 14.1. The first-order chi connectivity index (χ1) is 44.8. The van der Waals surface area contributed by atoms with E-state index in [1.807, 2.05) is 39.0 Å². The Bertz CT molecular complexity index is 3140. The third kappa shape index (κ3) is 26.2. The first-order valence-corrected chi connectivity index (χ1v) is 35.7. The van der Waals surface area contributed by atoms with Gasteiger partial charge in [0.25, 0.3) is 0 Å². The molecule has 0 aromatic heterocycles.